The number of hydrogen-bond donors (Lipinski definition) is 2. The predicted octanol–water partition coefficient (Wildman–Crippen LogP) is 3.20. The van der Waals surface area contributed by atoms with Gasteiger partial charge in [0.15, 0.2) is 0 Å². The van der Waals surface area contributed by atoms with E-state index in [1.54, 1.807) is 0 Å². The molecule has 118 valence electrons. The summed E-state index contributed by atoms with van der Waals surface area (Å²) in [5.41, 5.74) is -0.00762. The molecule has 2 unspecified atom stereocenters. The molecule has 2 N–H and O–H groups in total. The van der Waals surface area contributed by atoms with Crippen molar-refractivity contribution in [2.24, 2.45) is 23.2 Å². The molecule has 0 spiro atoms. The summed E-state index contributed by atoms with van der Waals surface area (Å²) >= 11 is 0. The van der Waals surface area contributed by atoms with Crippen LogP contribution in [0.1, 0.15) is 60.3 Å². The Labute approximate surface area is 125 Å². The van der Waals surface area contributed by atoms with E-state index in [2.05, 4.69) is 38.3 Å². The Hall–Kier alpha value is -0.570. The zero-order valence-electron chi connectivity index (χ0n) is 14.3. The summed E-state index contributed by atoms with van der Waals surface area (Å²) in [7, 11) is 1.91. The van der Waals surface area contributed by atoms with Gasteiger partial charge in [-0.2, -0.15) is 0 Å². The minimum atomic E-state index is -0.104. The Morgan fingerprint density at radius 3 is 2.40 bits per heavy atom. The van der Waals surface area contributed by atoms with Crippen molar-refractivity contribution in [3.8, 4) is 0 Å². The standard InChI is InChI=1S/C17H34N2O/c1-7-19-16(20)15(18-6)17(4,5)14-9-8-12(2)10-13(3)11-14/h12-15,18H,7-11H2,1-6H3,(H,19,20)/t12?,13-,14?,15+/m0/s1. The zero-order valence-corrected chi connectivity index (χ0v) is 14.3. The van der Waals surface area contributed by atoms with E-state index in [9.17, 15) is 4.79 Å². The maximum atomic E-state index is 12.3. The van der Waals surface area contributed by atoms with E-state index >= 15 is 0 Å². The molecule has 1 saturated carbocycles. The monoisotopic (exact) mass is 282 g/mol. The van der Waals surface area contributed by atoms with Gasteiger partial charge in [0.05, 0.1) is 6.04 Å². The summed E-state index contributed by atoms with van der Waals surface area (Å²) < 4.78 is 0. The lowest BCUT2D eigenvalue weighted by atomic mass is 9.68. The number of hydrogen-bond acceptors (Lipinski definition) is 2. The number of amides is 1. The van der Waals surface area contributed by atoms with E-state index in [-0.39, 0.29) is 17.4 Å². The zero-order chi connectivity index (χ0) is 15.3. The first kappa shape index (κ1) is 17.5. The van der Waals surface area contributed by atoms with E-state index in [0.29, 0.717) is 12.5 Å². The molecule has 0 bridgehead atoms. The van der Waals surface area contributed by atoms with Crippen molar-refractivity contribution in [3.63, 3.8) is 0 Å². The van der Waals surface area contributed by atoms with Gasteiger partial charge < -0.3 is 10.6 Å². The van der Waals surface area contributed by atoms with Gasteiger partial charge >= 0.3 is 0 Å². The lowest BCUT2D eigenvalue weighted by Crippen LogP contribution is -2.54. The first-order chi connectivity index (χ1) is 9.32. The molecule has 1 fully saturated rings. The van der Waals surface area contributed by atoms with Crippen molar-refractivity contribution in [2.45, 2.75) is 66.3 Å². The number of nitrogens with one attached hydrogen (secondary N) is 2. The van der Waals surface area contributed by atoms with Crippen molar-refractivity contribution >= 4 is 5.91 Å². The second-order valence-electron chi connectivity index (χ2n) is 7.39. The number of carbonyl (C=O) groups excluding carboxylic acids is 1. The molecule has 0 aliphatic heterocycles. The molecule has 0 saturated heterocycles. The SMILES string of the molecule is CCNC(=O)[C@@H](NC)C(C)(C)C1CCC(C)C[C@H](C)C1. The van der Waals surface area contributed by atoms with Crippen LogP contribution in [-0.4, -0.2) is 25.5 Å². The summed E-state index contributed by atoms with van der Waals surface area (Å²) in [4.78, 5) is 12.3. The summed E-state index contributed by atoms with van der Waals surface area (Å²) in [6.45, 7) is 11.9. The fourth-order valence-corrected chi connectivity index (χ4v) is 4.02. The fraction of sp³-hybridized carbons (Fsp3) is 0.941. The molecule has 0 aromatic heterocycles. The van der Waals surface area contributed by atoms with Crippen LogP contribution in [0.2, 0.25) is 0 Å². The average molecular weight is 282 g/mol. The third-order valence-corrected chi connectivity index (χ3v) is 5.20. The highest BCUT2D eigenvalue weighted by Crippen LogP contribution is 2.42. The van der Waals surface area contributed by atoms with Gasteiger partial charge in [0.1, 0.15) is 0 Å². The largest absolute Gasteiger partial charge is 0.355 e. The van der Waals surface area contributed by atoms with Gasteiger partial charge in [-0.05, 0) is 56.4 Å². The van der Waals surface area contributed by atoms with Crippen LogP contribution in [0, 0.1) is 23.2 Å². The lowest BCUT2D eigenvalue weighted by Gasteiger charge is -2.40. The molecular weight excluding hydrogens is 248 g/mol. The molecule has 3 heteroatoms. The quantitative estimate of drug-likeness (QED) is 0.760. The minimum Gasteiger partial charge on any atom is -0.355 e. The Balaban J connectivity index is 2.85. The van der Waals surface area contributed by atoms with Crippen molar-refractivity contribution in [3.05, 3.63) is 0 Å². The van der Waals surface area contributed by atoms with Gasteiger partial charge in [-0.1, -0.05) is 34.1 Å². The van der Waals surface area contributed by atoms with Crippen LogP contribution in [0.4, 0.5) is 0 Å². The van der Waals surface area contributed by atoms with Crippen LogP contribution in [0.15, 0.2) is 0 Å². The molecule has 20 heavy (non-hydrogen) atoms. The van der Waals surface area contributed by atoms with E-state index in [1.165, 1.54) is 25.7 Å². The van der Waals surface area contributed by atoms with E-state index in [1.807, 2.05) is 14.0 Å². The van der Waals surface area contributed by atoms with Gasteiger partial charge in [0, 0.05) is 6.54 Å². The second-order valence-corrected chi connectivity index (χ2v) is 7.39. The molecule has 1 aliphatic carbocycles. The highest BCUT2D eigenvalue weighted by Gasteiger charge is 2.41. The predicted molar refractivity (Wildman–Crippen MR) is 85.6 cm³/mol. The molecule has 1 rings (SSSR count). The molecule has 1 aliphatic rings. The topological polar surface area (TPSA) is 41.1 Å². The van der Waals surface area contributed by atoms with Crippen LogP contribution in [0.5, 0.6) is 0 Å². The highest BCUT2D eigenvalue weighted by molar-refractivity contribution is 5.82. The molecule has 4 atom stereocenters. The first-order valence-electron chi connectivity index (χ1n) is 8.27. The Kier molecular flexibility index (Phi) is 6.50. The maximum Gasteiger partial charge on any atom is 0.237 e. The highest BCUT2D eigenvalue weighted by atomic mass is 16.2. The second kappa shape index (κ2) is 7.44. The Morgan fingerprint density at radius 2 is 1.85 bits per heavy atom. The Bertz CT molecular complexity index is 314. The van der Waals surface area contributed by atoms with Crippen molar-refractivity contribution < 1.29 is 4.79 Å². The van der Waals surface area contributed by atoms with E-state index in [4.69, 9.17) is 0 Å². The number of rotatable bonds is 5. The summed E-state index contributed by atoms with van der Waals surface area (Å²) in [5, 5.41) is 6.23. The molecule has 3 nitrogen and oxygen atoms in total. The van der Waals surface area contributed by atoms with Crippen molar-refractivity contribution in [1.82, 2.24) is 10.6 Å². The van der Waals surface area contributed by atoms with Crippen LogP contribution in [0.25, 0.3) is 0 Å². The van der Waals surface area contributed by atoms with Gasteiger partial charge in [0.2, 0.25) is 5.91 Å². The van der Waals surface area contributed by atoms with Crippen LogP contribution < -0.4 is 10.6 Å². The van der Waals surface area contributed by atoms with Gasteiger partial charge in [-0.15, -0.1) is 0 Å². The fourth-order valence-electron chi connectivity index (χ4n) is 4.02. The van der Waals surface area contributed by atoms with E-state index in [0.717, 1.165) is 11.8 Å². The maximum absolute atomic E-state index is 12.3. The molecule has 0 aromatic carbocycles. The van der Waals surface area contributed by atoms with Gasteiger partial charge in [0.25, 0.3) is 0 Å². The molecule has 0 radical (unpaired) electrons. The van der Waals surface area contributed by atoms with Gasteiger partial charge in [-0.3, -0.25) is 4.79 Å². The van der Waals surface area contributed by atoms with Gasteiger partial charge in [-0.25, -0.2) is 0 Å². The van der Waals surface area contributed by atoms with Crippen LogP contribution >= 0.6 is 0 Å². The number of carbonyl (C=O) groups is 1. The van der Waals surface area contributed by atoms with Crippen molar-refractivity contribution in [1.29, 1.82) is 0 Å². The summed E-state index contributed by atoms with van der Waals surface area (Å²) in [6.07, 6.45) is 5.12. The smallest absolute Gasteiger partial charge is 0.237 e. The third kappa shape index (κ3) is 4.21. The minimum absolute atomic E-state index is 0.00762. The molecule has 1 amide bonds. The summed E-state index contributed by atoms with van der Waals surface area (Å²) in [6, 6.07) is -0.104. The third-order valence-electron chi connectivity index (χ3n) is 5.20. The van der Waals surface area contributed by atoms with Crippen LogP contribution in [0.3, 0.4) is 0 Å². The average Bonchev–Trinajstić information content (AvgIpc) is 2.51. The van der Waals surface area contributed by atoms with Crippen molar-refractivity contribution in [2.75, 3.05) is 13.6 Å². The number of likely N-dealkylation sites (N-methyl/N-ethyl adjacent to an activating group) is 2. The van der Waals surface area contributed by atoms with E-state index < -0.39 is 0 Å². The lowest BCUT2D eigenvalue weighted by molar-refractivity contribution is -0.127. The van der Waals surface area contributed by atoms with Crippen LogP contribution in [-0.2, 0) is 4.79 Å². The molecular formula is C17H34N2O. The first-order valence-corrected chi connectivity index (χ1v) is 8.27. The Morgan fingerprint density at radius 1 is 1.20 bits per heavy atom. The normalized spacial score (nSPS) is 29.6. The molecule has 0 heterocycles. The molecule has 0 aromatic rings. The summed E-state index contributed by atoms with van der Waals surface area (Å²) in [5.74, 6) is 2.35.